The number of nitrogens with one attached hydrogen (secondary N) is 1. The normalized spacial score (nSPS) is 15.6. The highest BCUT2D eigenvalue weighted by Crippen LogP contribution is 2.32. The van der Waals surface area contributed by atoms with Crippen molar-refractivity contribution in [3.05, 3.63) is 18.2 Å². The quantitative estimate of drug-likeness (QED) is 0.377. The molecule has 2 heterocycles. The van der Waals surface area contributed by atoms with Gasteiger partial charge in [-0.05, 0) is 25.5 Å². The summed E-state index contributed by atoms with van der Waals surface area (Å²) in [5.41, 5.74) is 0. The van der Waals surface area contributed by atoms with Crippen LogP contribution in [0.25, 0.3) is 0 Å². The van der Waals surface area contributed by atoms with Crippen LogP contribution in [0.5, 0.6) is 11.5 Å². The van der Waals surface area contributed by atoms with E-state index < -0.39 is 28.7 Å². The van der Waals surface area contributed by atoms with Crippen molar-refractivity contribution >= 4 is 28.0 Å². The molecule has 2 aliphatic rings. The van der Waals surface area contributed by atoms with Gasteiger partial charge in [-0.15, -0.1) is 0 Å². The second-order valence-corrected chi connectivity index (χ2v) is 9.30. The molecule has 13 heteroatoms. The van der Waals surface area contributed by atoms with Crippen LogP contribution in [0.3, 0.4) is 0 Å². The Labute approximate surface area is 198 Å². The summed E-state index contributed by atoms with van der Waals surface area (Å²) in [7, 11) is -3.78. The van der Waals surface area contributed by atoms with Gasteiger partial charge in [0.25, 0.3) is 5.91 Å². The van der Waals surface area contributed by atoms with Crippen LogP contribution in [-0.2, 0) is 29.1 Å². The maximum absolute atomic E-state index is 12.4. The van der Waals surface area contributed by atoms with E-state index in [1.165, 1.54) is 28.0 Å². The van der Waals surface area contributed by atoms with E-state index in [2.05, 4.69) is 4.72 Å². The van der Waals surface area contributed by atoms with Crippen LogP contribution >= 0.6 is 0 Å². The van der Waals surface area contributed by atoms with E-state index in [0.29, 0.717) is 50.9 Å². The number of carbonyl (C=O) groups is 3. The minimum Gasteiger partial charge on any atom is -0.486 e. The maximum Gasteiger partial charge on any atom is 0.409 e. The van der Waals surface area contributed by atoms with Crippen molar-refractivity contribution in [3.63, 3.8) is 0 Å². The topological polar surface area (TPSA) is 141 Å². The van der Waals surface area contributed by atoms with Gasteiger partial charge in [-0.3, -0.25) is 9.59 Å². The molecule has 1 aromatic carbocycles. The first kappa shape index (κ1) is 25.6. The van der Waals surface area contributed by atoms with E-state index in [4.69, 9.17) is 18.9 Å². The van der Waals surface area contributed by atoms with Crippen LogP contribution in [0.1, 0.15) is 19.8 Å². The van der Waals surface area contributed by atoms with Crippen molar-refractivity contribution < 1.29 is 41.7 Å². The zero-order valence-electron chi connectivity index (χ0n) is 19.0. The van der Waals surface area contributed by atoms with E-state index in [9.17, 15) is 22.8 Å². The van der Waals surface area contributed by atoms with Crippen LogP contribution in [0.2, 0.25) is 0 Å². The van der Waals surface area contributed by atoms with Crippen LogP contribution in [0.15, 0.2) is 23.1 Å². The summed E-state index contributed by atoms with van der Waals surface area (Å²) in [4.78, 5) is 38.9. The van der Waals surface area contributed by atoms with Gasteiger partial charge in [-0.1, -0.05) is 0 Å². The first-order valence-corrected chi connectivity index (χ1v) is 12.5. The molecule has 12 nitrogen and oxygen atoms in total. The van der Waals surface area contributed by atoms with E-state index in [1.807, 2.05) is 0 Å². The maximum atomic E-state index is 12.4. The second kappa shape index (κ2) is 11.9. The van der Waals surface area contributed by atoms with Crippen molar-refractivity contribution in [2.75, 3.05) is 59.2 Å². The van der Waals surface area contributed by atoms with Gasteiger partial charge in [0.15, 0.2) is 18.1 Å². The molecule has 1 saturated heterocycles. The smallest absolute Gasteiger partial charge is 0.409 e. The predicted molar refractivity (Wildman–Crippen MR) is 118 cm³/mol. The largest absolute Gasteiger partial charge is 0.486 e. The molecule has 1 N–H and O–H groups in total. The summed E-state index contributed by atoms with van der Waals surface area (Å²) in [5, 5.41) is 0. The van der Waals surface area contributed by atoms with Gasteiger partial charge >= 0.3 is 12.1 Å². The lowest BCUT2D eigenvalue weighted by atomic mass is 10.3. The lowest BCUT2D eigenvalue weighted by molar-refractivity contribution is -0.152. The van der Waals surface area contributed by atoms with Gasteiger partial charge in [0.05, 0.1) is 11.5 Å². The molecule has 3 rings (SSSR count). The number of fused-ring (bicyclic) bond motifs is 1. The first-order chi connectivity index (χ1) is 16.3. The van der Waals surface area contributed by atoms with E-state index in [0.717, 1.165) is 0 Å². The summed E-state index contributed by atoms with van der Waals surface area (Å²) in [6, 6.07) is 4.35. The number of nitrogens with zero attached hydrogens (tertiary/aromatic N) is 2. The first-order valence-electron chi connectivity index (χ1n) is 11.0. The fourth-order valence-corrected chi connectivity index (χ4v) is 4.46. The molecular formula is C21H29N3O9S. The van der Waals surface area contributed by atoms with Crippen molar-refractivity contribution in [2.45, 2.75) is 24.7 Å². The minimum atomic E-state index is -3.78. The SMILES string of the molecule is CCOC(=O)N1CCN(C(=O)COC(=O)CCCNS(=O)(=O)c2ccc3c(c2)OCCO3)CC1. The number of hydrogen-bond donors (Lipinski definition) is 1. The molecule has 0 unspecified atom stereocenters. The molecule has 188 valence electrons. The van der Waals surface area contributed by atoms with Crippen LogP contribution < -0.4 is 14.2 Å². The molecule has 0 saturated carbocycles. The molecule has 0 radical (unpaired) electrons. The Hall–Kier alpha value is -3.06. The van der Waals surface area contributed by atoms with Gasteiger partial charge in [0.1, 0.15) is 13.2 Å². The van der Waals surface area contributed by atoms with E-state index in [1.54, 1.807) is 6.92 Å². The van der Waals surface area contributed by atoms with E-state index >= 15 is 0 Å². The minimum absolute atomic E-state index is 0.0235. The third kappa shape index (κ3) is 6.97. The summed E-state index contributed by atoms with van der Waals surface area (Å²) in [5.74, 6) is -0.0961. The van der Waals surface area contributed by atoms with Gasteiger partial charge in [0, 0.05) is 45.2 Å². The summed E-state index contributed by atoms with van der Waals surface area (Å²) in [6.07, 6.45) is -0.256. The molecule has 34 heavy (non-hydrogen) atoms. The van der Waals surface area contributed by atoms with Crippen molar-refractivity contribution in [1.29, 1.82) is 0 Å². The van der Waals surface area contributed by atoms with Gasteiger partial charge in [0.2, 0.25) is 10.0 Å². The monoisotopic (exact) mass is 499 g/mol. The lowest BCUT2D eigenvalue weighted by Crippen LogP contribution is -2.51. The highest BCUT2D eigenvalue weighted by molar-refractivity contribution is 7.89. The zero-order chi connectivity index (χ0) is 24.6. The third-order valence-corrected chi connectivity index (χ3v) is 6.65. The Morgan fingerprint density at radius 2 is 1.68 bits per heavy atom. The standard InChI is InChI=1S/C21H29N3O9S/c1-2-30-21(27)24-10-8-23(9-11-24)19(25)15-33-20(26)4-3-7-22-34(28,29)16-5-6-17-18(14-16)32-13-12-31-17/h5-6,14,22H,2-4,7-13,15H2,1H3. The van der Waals surface area contributed by atoms with Gasteiger partial charge in [-0.2, -0.15) is 0 Å². The highest BCUT2D eigenvalue weighted by Gasteiger charge is 2.25. The number of hydrogen-bond acceptors (Lipinski definition) is 9. The molecule has 0 aliphatic carbocycles. The van der Waals surface area contributed by atoms with Crippen molar-refractivity contribution in [3.8, 4) is 11.5 Å². The Bertz CT molecular complexity index is 991. The van der Waals surface area contributed by atoms with Crippen LogP contribution in [-0.4, -0.2) is 95.3 Å². The molecule has 1 fully saturated rings. The van der Waals surface area contributed by atoms with Crippen molar-refractivity contribution in [1.82, 2.24) is 14.5 Å². The fourth-order valence-electron chi connectivity index (χ4n) is 3.37. The number of benzene rings is 1. The summed E-state index contributed by atoms with van der Waals surface area (Å²) >= 11 is 0. The Morgan fingerprint density at radius 1 is 1.00 bits per heavy atom. The highest BCUT2D eigenvalue weighted by atomic mass is 32.2. The molecule has 0 atom stereocenters. The molecule has 1 aromatic rings. The van der Waals surface area contributed by atoms with Crippen LogP contribution in [0, 0.1) is 0 Å². The fraction of sp³-hybridized carbons (Fsp3) is 0.571. The van der Waals surface area contributed by atoms with E-state index in [-0.39, 0.29) is 36.8 Å². The summed E-state index contributed by atoms with van der Waals surface area (Å²) in [6.45, 7) is 3.74. The number of amides is 2. The zero-order valence-corrected chi connectivity index (χ0v) is 19.8. The number of piperazine rings is 1. The predicted octanol–water partition coefficient (Wildman–Crippen LogP) is 0.360. The molecular weight excluding hydrogens is 470 g/mol. The van der Waals surface area contributed by atoms with Crippen LogP contribution in [0.4, 0.5) is 4.79 Å². The number of sulfonamides is 1. The Morgan fingerprint density at radius 3 is 2.38 bits per heavy atom. The molecule has 2 amide bonds. The Balaban J connectivity index is 1.33. The lowest BCUT2D eigenvalue weighted by Gasteiger charge is -2.33. The molecule has 0 bridgehead atoms. The number of carbonyl (C=O) groups excluding carboxylic acids is 3. The molecule has 0 aromatic heterocycles. The average molecular weight is 500 g/mol. The molecule has 2 aliphatic heterocycles. The van der Waals surface area contributed by atoms with Gasteiger partial charge in [-0.25, -0.2) is 17.9 Å². The van der Waals surface area contributed by atoms with Gasteiger partial charge < -0.3 is 28.7 Å². The molecule has 0 spiro atoms. The number of esters is 1. The summed E-state index contributed by atoms with van der Waals surface area (Å²) < 4.78 is 48.0. The number of rotatable bonds is 9. The van der Waals surface area contributed by atoms with Crippen molar-refractivity contribution in [2.24, 2.45) is 0 Å². The third-order valence-electron chi connectivity index (χ3n) is 5.19. The Kier molecular flexibility index (Phi) is 8.93. The second-order valence-electron chi connectivity index (χ2n) is 7.53. The average Bonchev–Trinajstić information content (AvgIpc) is 2.85. The number of ether oxygens (including phenoxy) is 4.